The van der Waals surface area contributed by atoms with Crippen molar-refractivity contribution < 1.29 is 29.3 Å². The number of aromatic hydroxyl groups is 1. The highest BCUT2D eigenvalue weighted by atomic mass is 16.5. The first-order valence-electron chi connectivity index (χ1n) is 17.7. The van der Waals surface area contributed by atoms with Crippen molar-refractivity contribution >= 4 is 18.0 Å². The zero-order valence-corrected chi connectivity index (χ0v) is 29.2. The van der Waals surface area contributed by atoms with E-state index in [4.69, 9.17) is 9.47 Å². The van der Waals surface area contributed by atoms with Crippen LogP contribution in [0.2, 0.25) is 0 Å². The van der Waals surface area contributed by atoms with Gasteiger partial charge in [-0.3, -0.25) is 4.79 Å². The van der Waals surface area contributed by atoms with E-state index in [0.717, 1.165) is 69.8 Å². The SMILES string of the molecule is C=C(C)[C@@H]1CC[C@]2(C(=O)O)CC[C@]3(C)[C@H](CC[C@H]4C3(C)CC[C@H]3C(C)(C)[C@@H](OC(=O)/C=C/c5ccc(O)c(OC)c5)CC[C@]34C)[C@H]12. The van der Waals surface area contributed by atoms with E-state index in [1.54, 1.807) is 24.3 Å². The Morgan fingerprint density at radius 2 is 1.65 bits per heavy atom. The molecule has 0 aliphatic heterocycles. The van der Waals surface area contributed by atoms with Crippen LogP contribution in [0.15, 0.2) is 36.4 Å². The monoisotopic (exact) mass is 632 g/mol. The van der Waals surface area contributed by atoms with Gasteiger partial charge < -0.3 is 19.7 Å². The van der Waals surface area contributed by atoms with Crippen LogP contribution in [0.4, 0.5) is 0 Å². The van der Waals surface area contributed by atoms with E-state index in [1.807, 2.05) is 0 Å². The Morgan fingerprint density at radius 1 is 0.913 bits per heavy atom. The minimum atomic E-state index is -0.592. The lowest BCUT2D eigenvalue weighted by Crippen LogP contribution is -2.67. The summed E-state index contributed by atoms with van der Waals surface area (Å²) in [5.41, 5.74) is 1.54. The summed E-state index contributed by atoms with van der Waals surface area (Å²) >= 11 is 0. The summed E-state index contributed by atoms with van der Waals surface area (Å²) in [6.07, 6.45) is 13.0. The summed E-state index contributed by atoms with van der Waals surface area (Å²) in [7, 11) is 1.50. The van der Waals surface area contributed by atoms with Crippen LogP contribution < -0.4 is 4.74 Å². The van der Waals surface area contributed by atoms with E-state index >= 15 is 0 Å². The molecule has 6 nitrogen and oxygen atoms in total. The van der Waals surface area contributed by atoms with Gasteiger partial charge >= 0.3 is 11.9 Å². The number of methoxy groups -OCH3 is 1. The lowest BCUT2D eigenvalue weighted by atomic mass is 9.32. The van der Waals surface area contributed by atoms with E-state index in [9.17, 15) is 19.8 Å². The number of benzene rings is 1. The zero-order valence-electron chi connectivity index (χ0n) is 29.2. The van der Waals surface area contributed by atoms with Gasteiger partial charge in [0.05, 0.1) is 12.5 Å². The molecule has 1 aromatic carbocycles. The molecule has 10 atom stereocenters. The number of hydrogen-bond donors (Lipinski definition) is 2. The van der Waals surface area contributed by atoms with Crippen molar-refractivity contribution in [2.24, 2.45) is 56.7 Å². The average Bonchev–Trinajstić information content (AvgIpc) is 3.40. The average molecular weight is 633 g/mol. The van der Waals surface area contributed by atoms with Crippen molar-refractivity contribution in [3.63, 3.8) is 0 Å². The van der Waals surface area contributed by atoms with Gasteiger partial charge in [-0.1, -0.05) is 52.8 Å². The quantitative estimate of drug-likeness (QED) is 0.185. The molecule has 0 radical (unpaired) electrons. The highest BCUT2D eigenvalue weighted by Crippen LogP contribution is 2.77. The fraction of sp³-hybridized carbons (Fsp3) is 0.700. The molecule has 0 amide bonds. The van der Waals surface area contributed by atoms with E-state index in [2.05, 4.69) is 48.1 Å². The van der Waals surface area contributed by atoms with Gasteiger partial charge in [0.2, 0.25) is 0 Å². The van der Waals surface area contributed by atoms with Crippen molar-refractivity contribution in [3.8, 4) is 11.5 Å². The third-order valence-corrected chi connectivity index (χ3v) is 15.3. The molecule has 1 aromatic rings. The number of phenolic OH excluding ortho intramolecular Hbond substituents is 1. The molecule has 1 unspecified atom stereocenters. The topological polar surface area (TPSA) is 93.1 Å². The van der Waals surface area contributed by atoms with Gasteiger partial charge in [-0.2, -0.15) is 0 Å². The third kappa shape index (κ3) is 4.62. The molecule has 0 heterocycles. The molecule has 6 rings (SSSR count). The molecule has 0 saturated heterocycles. The fourth-order valence-electron chi connectivity index (χ4n) is 12.8. The summed E-state index contributed by atoms with van der Waals surface area (Å²) < 4.78 is 11.4. The van der Waals surface area contributed by atoms with Crippen LogP contribution in [0.1, 0.15) is 111 Å². The number of ether oxygens (including phenoxy) is 2. The molecular formula is C40H56O6. The van der Waals surface area contributed by atoms with Crippen LogP contribution in [0, 0.1) is 56.7 Å². The number of esters is 1. The molecule has 0 bridgehead atoms. The van der Waals surface area contributed by atoms with E-state index in [-0.39, 0.29) is 45.4 Å². The summed E-state index contributed by atoms with van der Waals surface area (Å²) in [6, 6.07) is 5.00. The van der Waals surface area contributed by atoms with Crippen molar-refractivity contribution in [1.29, 1.82) is 0 Å². The van der Waals surface area contributed by atoms with Gasteiger partial charge in [-0.15, -0.1) is 0 Å². The van der Waals surface area contributed by atoms with E-state index < -0.39 is 11.4 Å². The highest BCUT2D eigenvalue weighted by molar-refractivity contribution is 5.87. The van der Waals surface area contributed by atoms with Gasteiger partial charge in [0, 0.05) is 11.5 Å². The van der Waals surface area contributed by atoms with Crippen LogP contribution in [-0.2, 0) is 14.3 Å². The predicted molar refractivity (Wildman–Crippen MR) is 180 cm³/mol. The normalized spacial score (nSPS) is 42.7. The fourth-order valence-corrected chi connectivity index (χ4v) is 12.8. The molecule has 46 heavy (non-hydrogen) atoms. The number of carboxylic acid groups (broad SMARTS) is 1. The lowest BCUT2D eigenvalue weighted by molar-refractivity contribution is -0.250. The van der Waals surface area contributed by atoms with E-state index in [0.29, 0.717) is 29.4 Å². The number of carbonyl (C=O) groups excluding carboxylic acids is 1. The summed E-state index contributed by atoms with van der Waals surface area (Å²) in [4.78, 5) is 26.1. The van der Waals surface area contributed by atoms with Crippen molar-refractivity contribution in [2.45, 2.75) is 112 Å². The Labute approximate surface area is 276 Å². The number of allylic oxidation sites excluding steroid dienone is 1. The van der Waals surface area contributed by atoms with E-state index in [1.165, 1.54) is 18.8 Å². The summed E-state index contributed by atoms with van der Waals surface area (Å²) in [5.74, 6) is 1.42. The number of fused-ring (bicyclic) bond motifs is 7. The van der Waals surface area contributed by atoms with Crippen molar-refractivity contribution in [3.05, 3.63) is 42.0 Å². The summed E-state index contributed by atoms with van der Waals surface area (Å²) in [6.45, 7) is 18.8. The number of carboxylic acids is 1. The largest absolute Gasteiger partial charge is 0.504 e. The number of phenols is 1. The maximum absolute atomic E-state index is 13.1. The molecule has 6 heteroatoms. The second kappa shape index (κ2) is 11.2. The highest BCUT2D eigenvalue weighted by Gasteiger charge is 2.72. The molecule has 0 aromatic heterocycles. The van der Waals surface area contributed by atoms with Gasteiger partial charge in [-0.25, -0.2) is 4.79 Å². The van der Waals surface area contributed by atoms with Gasteiger partial charge in [0.15, 0.2) is 11.5 Å². The first-order chi connectivity index (χ1) is 21.5. The molecule has 2 N–H and O–H groups in total. The molecule has 0 spiro atoms. The number of hydrogen-bond acceptors (Lipinski definition) is 5. The van der Waals surface area contributed by atoms with Crippen molar-refractivity contribution in [2.75, 3.05) is 7.11 Å². The first kappa shape index (κ1) is 33.2. The standard InChI is InChI=1S/C40H56O6/c1-24(2)26-15-20-40(35(43)44)22-21-38(6)27(34(26)40)11-13-31-37(5)18-17-32(36(3,4)30(37)16-19-39(31,38)7)46-33(42)14-10-25-9-12-28(41)29(23-25)45-8/h9-10,12,14,23,26-27,30-32,34,41H,1,11,13,15-22H2,2-8H3,(H,43,44)/b14-10+/t26-,27+,30-,31+,32-,34-,37+,38+,39?,40-/m0/s1. The van der Waals surface area contributed by atoms with Crippen LogP contribution in [0.5, 0.6) is 11.5 Å². The Hall–Kier alpha value is -2.76. The van der Waals surface area contributed by atoms with Crippen LogP contribution >= 0.6 is 0 Å². The molecule has 5 aliphatic carbocycles. The van der Waals surface area contributed by atoms with Gasteiger partial charge in [0.25, 0.3) is 0 Å². The van der Waals surface area contributed by atoms with Crippen LogP contribution in [0.25, 0.3) is 6.08 Å². The second-order valence-corrected chi connectivity index (χ2v) is 17.2. The molecule has 5 fully saturated rings. The second-order valence-electron chi connectivity index (χ2n) is 17.2. The zero-order chi connectivity index (χ0) is 33.4. The first-order valence-corrected chi connectivity index (χ1v) is 17.7. The maximum Gasteiger partial charge on any atom is 0.331 e. The van der Waals surface area contributed by atoms with Gasteiger partial charge in [0.1, 0.15) is 6.10 Å². The molecule has 252 valence electrons. The Bertz CT molecular complexity index is 1440. The Kier molecular flexibility index (Phi) is 8.04. The smallest absolute Gasteiger partial charge is 0.331 e. The van der Waals surface area contributed by atoms with Crippen molar-refractivity contribution in [1.82, 2.24) is 0 Å². The number of rotatable bonds is 6. The lowest BCUT2D eigenvalue weighted by Gasteiger charge is -2.72. The van der Waals surface area contributed by atoms with Crippen LogP contribution in [-0.4, -0.2) is 35.4 Å². The third-order valence-electron chi connectivity index (χ3n) is 15.3. The van der Waals surface area contributed by atoms with Crippen LogP contribution in [0.3, 0.4) is 0 Å². The molecule has 5 saturated carbocycles. The Morgan fingerprint density at radius 3 is 2.33 bits per heavy atom. The Balaban J connectivity index is 1.23. The minimum Gasteiger partial charge on any atom is -0.504 e. The maximum atomic E-state index is 13.1. The molecular weight excluding hydrogens is 576 g/mol. The minimum absolute atomic E-state index is 0.0618. The van der Waals surface area contributed by atoms with Gasteiger partial charge in [-0.05, 0) is 141 Å². The number of carbonyl (C=O) groups is 2. The molecule has 5 aliphatic rings. The predicted octanol–water partition coefficient (Wildman–Crippen LogP) is 9.07. The summed E-state index contributed by atoms with van der Waals surface area (Å²) in [5, 5.41) is 20.5. The number of aliphatic carboxylic acids is 1.